The van der Waals surface area contributed by atoms with Crippen LogP contribution in [0.25, 0.3) is 0 Å². The lowest BCUT2D eigenvalue weighted by Gasteiger charge is -2.35. The summed E-state index contributed by atoms with van der Waals surface area (Å²) in [7, 11) is 1.40. The molecule has 29 heavy (non-hydrogen) atoms. The van der Waals surface area contributed by atoms with Gasteiger partial charge in [0.15, 0.2) is 5.78 Å². The van der Waals surface area contributed by atoms with Crippen LogP contribution in [-0.2, 0) is 17.6 Å². The molecular weight excluding hydrogens is 372 g/mol. The van der Waals surface area contributed by atoms with Crippen LogP contribution in [0.1, 0.15) is 69.7 Å². The summed E-state index contributed by atoms with van der Waals surface area (Å²) < 4.78 is 5.24. The third-order valence-electron chi connectivity index (χ3n) is 6.32. The van der Waals surface area contributed by atoms with E-state index >= 15 is 0 Å². The molecule has 0 aliphatic heterocycles. The quantitative estimate of drug-likeness (QED) is 0.661. The Labute approximate surface area is 168 Å². The van der Waals surface area contributed by atoms with Crippen LogP contribution in [0.15, 0.2) is 18.2 Å². The molecule has 0 amide bonds. The average molecular weight is 394 g/mol. The number of ether oxygens (including phenoxy) is 1. The molecule has 0 saturated carbocycles. The van der Waals surface area contributed by atoms with Gasteiger partial charge in [-0.3, -0.25) is 14.4 Å². The molecule has 150 valence electrons. The Morgan fingerprint density at radius 1 is 1.07 bits per heavy atom. The van der Waals surface area contributed by atoms with Gasteiger partial charge in [0, 0.05) is 28.5 Å². The molecule has 1 unspecified atom stereocenters. The number of carbonyl (C=O) groups is 3. The van der Waals surface area contributed by atoms with E-state index in [1.54, 1.807) is 19.1 Å². The van der Waals surface area contributed by atoms with Gasteiger partial charge in [0.05, 0.1) is 23.8 Å². The van der Waals surface area contributed by atoms with Crippen LogP contribution >= 0.6 is 0 Å². The molecule has 2 aromatic carbocycles. The summed E-state index contributed by atoms with van der Waals surface area (Å²) in [5.74, 6) is -1.39. The van der Waals surface area contributed by atoms with E-state index in [1.807, 2.05) is 6.92 Å². The first-order valence-corrected chi connectivity index (χ1v) is 9.64. The van der Waals surface area contributed by atoms with Crippen LogP contribution in [-0.4, -0.2) is 34.7 Å². The van der Waals surface area contributed by atoms with Gasteiger partial charge in [0.1, 0.15) is 23.0 Å². The van der Waals surface area contributed by atoms with E-state index in [2.05, 4.69) is 0 Å². The molecule has 2 aliphatic rings. The van der Waals surface area contributed by atoms with Crippen molar-refractivity contribution in [3.05, 3.63) is 51.6 Å². The molecule has 0 bridgehead atoms. The second kappa shape index (κ2) is 6.44. The molecule has 2 N–H and O–H groups in total. The van der Waals surface area contributed by atoms with Gasteiger partial charge < -0.3 is 14.9 Å². The van der Waals surface area contributed by atoms with Crippen molar-refractivity contribution in [2.45, 2.75) is 39.5 Å². The first-order valence-electron chi connectivity index (χ1n) is 9.64. The van der Waals surface area contributed by atoms with Crippen LogP contribution in [0, 0.1) is 5.41 Å². The maximum absolute atomic E-state index is 13.2. The number of methoxy groups -OCH3 is 1. The predicted octanol–water partition coefficient (Wildman–Crippen LogP) is 3.36. The van der Waals surface area contributed by atoms with Crippen molar-refractivity contribution in [3.63, 3.8) is 0 Å². The number of rotatable bonds is 3. The molecule has 6 nitrogen and oxygen atoms in total. The highest BCUT2D eigenvalue weighted by Gasteiger charge is 2.43. The zero-order valence-electron chi connectivity index (χ0n) is 16.6. The number of Topliss-reactive ketones (excluding diaryl/α,β-unsaturated/α-hetero) is 1. The highest BCUT2D eigenvalue weighted by atomic mass is 16.5. The van der Waals surface area contributed by atoms with Crippen molar-refractivity contribution in [2.75, 3.05) is 7.11 Å². The Hall–Kier alpha value is -3.15. The molecule has 1 atom stereocenters. The van der Waals surface area contributed by atoms with Gasteiger partial charge in [-0.1, -0.05) is 26.0 Å². The minimum Gasteiger partial charge on any atom is -0.507 e. The molecule has 2 aromatic rings. The monoisotopic (exact) mass is 394 g/mol. The second-order valence-electron chi connectivity index (χ2n) is 7.96. The fourth-order valence-corrected chi connectivity index (χ4v) is 4.65. The van der Waals surface area contributed by atoms with E-state index in [0.29, 0.717) is 30.4 Å². The number of aromatic hydroxyl groups is 2. The lowest BCUT2D eigenvalue weighted by Crippen LogP contribution is -2.34. The van der Waals surface area contributed by atoms with E-state index < -0.39 is 17.0 Å². The van der Waals surface area contributed by atoms with Crippen LogP contribution in [0.4, 0.5) is 0 Å². The maximum Gasteiger partial charge on any atom is 0.202 e. The fraction of sp³-hybridized carbons (Fsp3) is 0.348. The number of ketones is 3. The molecule has 0 aromatic heterocycles. The molecule has 6 heteroatoms. The van der Waals surface area contributed by atoms with Gasteiger partial charge in [-0.05, 0) is 25.3 Å². The summed E-state index contributed by atoms with van der Waals surface area (Å²) in [6.45, 7) is 3.63. The number of hydrogen-bond acceptors (Lipinski definition) is 6. The standard InChI is InChI=1S/C23H22O6/c1-4-15(24)23(2)9-8-11-13(10-23)21(27)17-18(19(11)25)22(28)16-12(20(17)26)6-5-7-14(16)29-3/h5-7,25,27H,4,8-10H2,1-3H3. The van der Waals surface area contributed by atoms with Crippen molar-refractivity contribution in [1.29, 1.82) is 0 Å². The smallest absolute Gasteiger partial charge is 0.202 e. The Morgan fingerprint density at radius 3 is 2.38 bits per heavy atom. The first kappa shape index (κ1) is 19.2. The van der Waals surface area contributed by atoms with E-state index in [9.17, 15) is 24.6 Å². The molecule has 0 fully saturated rings. The van der Waals surface area contributed by atoms with Crippen molar-refractivity contribution in [2.24, 2.45) is 5.41 Å². The van der Waals surface area contributed by atoms with E-state index in [0.717, 1.165) is 0 Å². The second-order valence-corrected chi connectivity index (χ2v) is 7.96. The molecule has 2 aliphatic carbocycles. The Morgan fingerprint density at radius 2 is 1.72 bits per heavy atom. The average Bonchev–Trinajstić information content (AvgIpc) is 2.73. The first-order chi connectivity index (χ1) is 13.7. The summed E-state index contributed by atoms with van der Waals surface area (Å²) in [5, 5.41) is 21.9. The molecule has 0 radical (unpaired) electrons. The molecule has 0 saturated heterocycles. The van der Waals surface area contributed by atoms with Crippen LogP contribution in [0.5, 0.6) is 17.2 Å². The van der Waals surface area contributed by atoms with Crippen LogP contribution < -0.4 is 4.74 Å². The number of phenolic OH excluding ortho intramolecular Hbond substituents is 2. The van der Waals surface area contributed by atoms with Gasteiger partial charge in [-0.25, -0.2) is 0 Å². The van der Waals surface area contributed by atoms with Crippen molar-refractivity contribution in [1.82, 2.24) is 0 Å². The topological polar surface area (TPSA) is 101 Å². The molecule has 0 spiro atoms. The lowest BCUT2D eigenvalue weighted by atomic mass is 9.67. The predicted molar refractivity (Wildman–Crippen MR) is 105 cm³/mol. The summed E-state index contributed by atoms with van der Waals surface area (Å²) in [6, 6.07) is 4.67. The number of hydrogen-bond donors (Lipinski definition) is 2. The highest BCUT2D eigenvalue weighted by Crippen LogP contribution is 2.49. The number of fused-ring (bicyclic) bond motifs is 3. The Bertz CT molecular complexity index is 1100. The van der Waals surface area contributed by atoms with E-state index in [4.69, 9.17) is 4.74 Å². The van der Waals surface area contributed by atoms with E-state index in [-0.39, 0.29) is 51.7 Å². The number of phenols is 2. The van der Waals surface area contributed by atoms with Crippen LogP contribution in [0.3, 0.4) is 0 Å². The van der Waals surface area contributed by atoms with Crippen LogP contribution in [0.2, 0.25) is 0 Å². The van der Waals surface area contributed by atoms with Gasteiger partial charge in [0.25, 0.3) is 0 Å². The van der Waals surface area contributed by atoms with E-state index in [1.165, 1.54) is 13.2 Å². The fourth-order valence-electron chi connectivity index (χ4n) is 4.65. The number of carbonyl (C=O) groups excluding carboxylic acids is 3. The lowest BCUT2D eigenvalue weighted by molar-refractivity contribution is -0.128. The SMILES string of the molecule is CCC(=O)C1(C)CCc2c(O)c3c(c(O)c2C1)C(=O)c1cccc(OC)c1C3=O. The van der Waals surface area contributed by atoms with Gasteiger partial charge >= 0.3 is 0 Å². The minimum absolute atomic E-state index is 0.0669. The summed E-state index contributed by atoms with van der Waals surface area (Å²) >= 11 is 0. The highest BCUT2D eigenvalue weighted by molar-refractivity contribution is 6.31. The van der Waals surface area contributed by atoms with Gasteiger partial charge in [-0.15, -0.1) is 0 Å². The van der Waals surface area contributed by atoms with Crippen molar-refractivity contribution >= 4 is 17.3 Å². The zero-order chi connectivity index (χ0) is 21.1. The third-order valence-corrected chi connectivity index (χ3v) is 6.32. The number of benzene rings is 2. The third kappa shape index (κ3) is 2.51. The molecule has 0 heterocycles. The largest absolute Gasteiger partial charge is 0.507 e. The summed E-state index contributed by atoms with van der Waals surface area (Å²) in [6.07, 6.45) is 1.42. The Kier molecular flexibility index (Phi) is 4.26. The summed E-state index contributed by atoms with van der Waals surface area (Å²) in [4.78, 5) is 38.9. The summed E-state index contributed by atoms with van der Waals surface area (Å²) in [5.41, 5.74) is -0.0353. The van der Waals surface area contributed by atoms with Gasteiger partial charge in [0.2, 0.25) is 5.78 Å². The zero-order valence-corrected chi connectivity index (χ0v) is 16.6. The van der Waals surface area contributed by atoms with Crippen molar-refractivity contribution in [3.8, 4) is 17.2 Å². The minimum atomic E-state index is -0.678. The molecular formula is C23H22O6. The maximum atomic E-state index is 13.2. The Balaban J connectivity index is 1.97. The normalized spacial score (nSPS) is 20.0. The molecule has 4 rings (SSSR count). The van der Waals surface area contributed by atoms with Crippen molar-refractivity contribution < 1.29 is 29.3 Å². The van der Waals surface area contributed by atoms with Gasteiger partial charge in [-0.2, -0.15) is 0 Å².